The molecule has 0 heterocycles. The van der Waals surface area contributed by atoms with Gasteiger partial charge in [0.1, 0.15) is 0 Å². The molecule has 0 rings (SSSR count). The Morgan fingerprint density at radius 3 is 2.55 bits per heavy atom. The Bertz CT molecular complexity index is 114. The molecule has 0 bridgehead atoms. The molecule has 4 nitrogen and oxygen atoms in total. The van der Waals surface area contributed by atoms with Crippen molar-refractivity contribution in [2.75, 3.05) is 27.2 Å². The zero-order valence-electron chi connectivity index (χ0n) is 7.48. The molecule has 4 heteroatoms. The van der Waals surface area contributed by atoms with E-state index in [2.05, 4.69) is 10.7 Å². The molecule has 11 heavy (non-hydrogen) atoms. The van der Waals surface area contributed by atoms with Crippen LogP contribution in [0.3, 0.4) is 0 Å². The summed E-state index contributed by atoms with van der Waals surface area (Å²) in [5, 5.41) is 4.52. The van der Waals surface area contributed by atoms with Crippen LogP contribution < -0.4 is 10.7 Å². The molecule has 0 aromatic rings. The molecular formula is C7H17N3O. The summed E-state index contributed by atoms with van der Waals surface area (Å²) in [6.45, 7) is 3.14. The van der Waals surface area contributed by atoms with Gasteiger partial charge < -0.3 is 5.32 Å². The average Bonchev–Trinajstić information content (AvgIpc) is 1.97. The Labute approximate surface area is 67.9 Å². The number of carbonyl (C=O) groups excluding carboxylic acids is 1. The summed E-state index contributed by atoms with van der Waals surface area (Å²) < 4.78 is 0. The molecule has 2 N–H and O–H groups in total. The minimum atomic E-state index is 0.0422. The molecule has 0 saturated heterocycles. The van der Waals surface area contributed by atoms with Gasteiger partial charge in [-0.25, -0.2) is 5.43 Å². The van der Waals surface area contributed by atoms with Gasteiger partial charge in [0.2, 0.25) is 5.91 Å². The monoisotopic (exact) mass is 159 g/mol. The Morgan fingerprint density at radius 1 is 1.45 bits per heavy atom. The van der Waals surface area contributed by atoms with Crippen molar-refractivity contribution in [1.29, 1.82) is 0 Å². The van der Waals surface area contributed by atoms with Crippen molar-refractivity contribution in [3.05, 3.63) is 0 Å². The van der Waals surface area contributed by atoms with Gasteiger partial charge in [-0.2, -0.15) is 0 Å². The predicted molar refractivity (Wildman–Crippen MR) is 45.0 cm³/mol. The normalized spacial score (nSPS) is 10.2. The van der Waals surface area contributed by atoms with E-state index >= 15 is 0 Å². The first-order valence-corrected chi connectivity index (χ1v) is 3.84. The highest BCUT2D eigenvalue weighted by Gasteiger charge is 1.97. The largest absolute Gasteiger partial charge is 0.355 e. The van der Waals surface area contributed by atoms with Crippen molar-refractivity contribution < 1.29 is 4.79 Å². The summed E-state index contributed by atoms with van der Waals surface area (Å²) in [6.07, 6.45) is 0.980. The van der Waals surface area contributed by atoms with Gasteiger partial charge in [-0.15, -0.1) is 0 Å². The second-order valence-electron chi connectivity index (χ2n) is 2.58. The van der Waals surface area contributed by atoms with Crippen LogP contribution in [0.2, 0.25) is 0 Å². The van der Waals surface area contributed by atoms with E-state index in [9.17, 15) is 4.79 Å². The van der Waals surface area contributed by atoms with Crippen LogP contribution in [0.25, 0.3) is 0 Å². The lowest BCUT2D eigenvalue weighted by Crippen LogP contribution is -2.40. The zero-order chi connectivity index (χ0) is 8.69. The van der Waals surface area contributed by atoms with E-state index in [1.54, 1.807) is 5.01 Å². The van der Waals surface area contributed by atoms with E-state index < -0.39 is 0 Å². The van der Waals surface area contributed by atoms with E-state index in [4.69, 9.17) is 0 Å². The van der Waals surface area contributed by atoms with Gasteiger partial charge in [-0.05, 0) is 6.42 Å². The van der Waals surface area contributed by atoms with E-state index in [0.29, 0.717) is 6.54 Å². The van der Waals surface area contributed by atoms with Gasteiger partial charge in [0.25, 0.3) is 0 Å². The SMILES string of the molecule is CCCNC(=O)CNN(C)C. The van der Waals surface area contributed by atoms with E-state index in [-0.39, 0.29) is 5.91 Å². The molecule has 0 aromatic carbocycles. The second kappa shape index (κ2) is 6.12. The molecule has 0 spiro atoms. The summed E-state index contributed by atoms with van der Waals surface area (Å²) >= 11 is 0. The molecular weight excluding hydrogens is 142 g/mol. The van der Waals surface area contributed by atoms with Crippen LogP contribution in [0.1, 0.15) is 13.3 Å². The molecule has 0 saturated carbocycles. The van der Waals surface area contributed by atoms with E-state index in [0.717, 1.165) is 13.0 Å². The molecule has 0 atom stereocenters. The number of hydrogen-bond acceptors (Lipinski definition) is 3. The highest BCUT2D eigenvalue weighted by atomic mass is 16.2. The number of rotatable bonds is 5. The molecule has 0 aliphatic heterocycles. The lowest BCUT2D eigenvalue weighted by Gasteiger charge is -2.11. The summed E-state index contributed by atoms with van der Waals surface area (Å²) in [5.41, 5.74) is 2.88. The second-order valence-corrected chi connectivity index (χ2v) is 2.58. The first-order valence-electron chi connectivity index (χ1n) is 3.84. The molecule has 0 aromatic heterocycles. The van der Waals surface area contributed by atoms with Crippen LogP contribution in [-0.2, 0) is 4.79 Å². The maximum absolute atomic E-state index is 10.9. The molecule has 0 unspecified atom stereocenters. The molecule has 66 valence electrons. The number of amides is 1. The first-order chi connectivity index (χ1) is 5.16. The van der Waals surface area contributed by atoms with Crippen LogP contribution >= 0.6 is 0 Å². The smallest absolute Gasteiger partial charge is 0.235 e. The van der Waals surface area contributed by atoms with Crippen LogP contribution in [0.15, 0.2) is 0 Å². The Hall–Kier alpha value is -0.610. The van der Waals surface area contributed by atoms with Crippen LogP contribution in [0, 0.1) is 0 Å². The highest BCUT2D eigenvalue weighted by molar-refractivity contribution is 5.77. The Kier molecular flexibility index (Phi) is 5.78. The third kappa shape index (κ3) is 7.29. The van der Waals surface area contributed by atoms with E-state index in [1.165, 1.54) is 0 Å². The van der Waals surface area contributed by atoms with Crippen LogP contribution in [0.4, 0.5) is 0 Å². The lowest BCUT2D eigenvalue weighted by molar-refractivity contribution is -0.120. The highest BCUT2D eigenvalue weighted by Crippen LogP contribution is 1.71. The van der Waals surface area contributed by atoms with Crippen LogP contribution in [0.5, 0.6) is 0 Å². The third-order valence-corrected chi connectivity index (χ3v) is 1.13. The molecule has 0 fully saturated rings. The molecule has 1 amide bonds. The van der Waals surface area contributed by atoms with Crippen molar-refractivity contribution in [2.24, 2.45) is 0 Å². The fourth-order valence-electron chi connectivity index (χ4n) is 0.557. The van der Waals surface area contributed by atoms with Crippen LogP contribution in [-0.4, -0.2) is 38.1 Å². The number of hydrazine groups is 1. The summed E-state index contributed by atoms with van der Waals surface area (Å²) in [7, 11) is 3.71. The van der Waals surface area contributed by atoms with Crippen molar-refractivity contribution >= 4 is 5.91 Å². The fourth-order valence-corrected chi connectivity index (χ4v) is 0.557. The molecule has 0 radical (unpaired) electrons. The minimum absolute atomic E-state index is 0.0422. The minimum Gasteiger partial charge on any atom is -0.355 e. The van der Waals surface area contributed by atoms with Gasteiger partial charge in [0, 0.05) is 20.6 Å². The standard InChI is InChI=1S/C7H17N3O/c1-4-5-8-7(11)6-9-10(2)3/h9H,4-6H2,1-3H3,(H,8,11). The van der Waals surface area contributed by atoms with Gasteiger partial charge in [-0.3, -0.25) is 9.80 Å². The summed E-state index contributed by atoms with van der Waals surface area (Å²) in [6, 6.07) is 0. The van der Waals surface area contributed by atoms with Crippen molar-refractivity contribution in [2.45, 2.75) is 13.3 Å². The number of carbonyl (C=O) groups is 1. The number of hydrogen-bond donors (Lipinski definition) is 2. The van der Waals surface area contributed by atoms with Gasteiger partial charge in [0.15, 0.2) is 0 Å². The molecule has 0 aliphatic rings. The fraction of sp³-hybridized carbons (Fsp3) is 0.857. The van der Waals surface area contributed by atoms with Crippen molar-refractivity contribution in [1.82, 2.24) is 15.8 Å². The quantitative estimate of drug-likeness (QED) is 0.535. The third-order valence-electron chi connectivity index (χ3n) is 1.13. The lowest BCUT2D eigenvalue weighted by atomic mass is 10.4. The van der Waals surface area contributed by atoms with Gasteiger partial charge in [-0.1, -0.05) is 6.92 Å². The van der Waals surface area contributed by atoms with E-state index in [1.807, 2.05) is 21.0 Å². The number of nitrogens with one attached hydrogen (secondary N) is 2. The van der Waals surface area contributed by atoms with Gasteiger partial charge >= 0.3 is 0 Å². The Morgan fingerprint density at radius 2 is 2.09 bits per heavy atom. The maximum atomic E-state index is 10.9. The summed E-state index contributed by atoms with van der Waals surface area (Å²) in [5.74, 6) is 0.0422. The maximum Gasteiger partial charge on any atom is 0.235 e. The van der Waals surface area contributed by atoms with Gasteiger partial charge in [0.05, 0.1) is 6.54 Å². The predicted octanol–water partition coefficient (Wildman–Crippen LogP) is -0.421. The molecule has 0 aliphatic carbocycles. The topological polar surface area (TPSA) is 44.4 Å². The first kappa shape index (κ1) is 10.4. The summed E-state index contributed by atoms with van der Waals surface area (Å²) in [4.78, 5) is 10.9. The number of nitrogens with zero attached hydrogens (tertiary/aromatic N) is 1. The zero-order valence-corrected chi connectivity index (χ0v) is 7.48. The van der Waals surface area contributed by atoms with Crippen molar-refractivity contribution in [3.63, 3.8) is 0 Å². The Balaban J connectivity index is 3.23. The van der Waals surface area contributed by atoms with Crippen molar-refractivity contribution in [3.8, 4) is 0 Å². The average molecular weight is 159 g/mol.